The van der Waals surface area contributed by atoms with Gasteiger partial charge in [-0.3, -0.25) is 5.43 Å². The number of hydrazine groups is 1. The standard InChI is InChI=1S/C13H15N7S/c1-8-6-9-11(16-13(18-14)17-12(9)21-8)20-5-4-19-3-2-15-10(19)7-20/h2-3,6H,4-5,7,14H2,1H3,(H,16,17,18). The molecular formula is C13H15N7S. The fourth-order valence-electron chi connectivity index (χ4n) is 2.69. The summed E-state index contributed by atoms with van der Waals surface area (Å²) in [7, 11) is 0. The molecule has 4 heterocycles. The van der Waals surface area contributed by atoms with Gasteiger partial charge in [0.2, 0.25) is 5.95 Å². The number of aryl methyl sites for hydroxylation is 1. The molecule has 0 bridgehead atoms. The maximum atomic E-state index is 5.50. The van der Waals surface area contributed by atoms with E-state index in [4.69, 9.17) is 5.84 Å². The lowest BCUT2D eigenvalue weighted by Crippen LogP contribution is -2.34. The second-order valence-electron chi connectivity index (χ2n) is 5.05. The molecule has 4 rings (SSSR count). The average molecular weight is 301 g/mol. The van der Waals surface area contributed by atoms with Crippen LogP contribution in [0.5, 0.6) is 0 Å². The molecule has 8 heteroatoms. The van der Waals surface area contributed by atoms with Gasteiger partial charge in [-0.1, -0.05) is 0 Å². The Morgan fingerprint density at radius 3 is 3.10 bits per heavy atom. The fourth-order valence-corrected chi connectivity index (χ4v) is 3.56. The summed E-state index contributed by atoms with van der Waals surface area (Å²) >= 11 is 1.65. The van der Waals surface area contributed by atoms with Crippen molar-refractivity contribution in [2.75, 3.05) is 16.9 Å². The van der Waals surface area contributed by atoms with Gasteiger partial charge in [-0.25, -0.2) is 15.8 Å². The smallest absolute Gasteiger partial charge is 0.240 e. The Balaban J connectivity index is 1.82. The van der Waals surface area contributed by atoms with Gasteiger partial charge >= 0.3 is 0 Å². The van der Waals surface area contributed by atoms with Crippen LogP contribution in [0, 0.1) is 6.92 Å². The normalized spacial score (nSPS) is 14.5. The summed E-state index contributed by atoms with van der Waals surface area (Å²) in [5.74, 6) is 7.93. The summed E-state index contributed by atoms with van der Waals surface area (Å²) in [4.78, 5) is 17.8. The van der Waals surface area contributed by atoms with Crippen LogP contribution in [0.2, 0.25) is 0 Å². The van der Waals surface area contributed by atoms with Crippen LogP contribution in [0.25, 0.3) is 10.2 Å². The van der Waals surface area contributed by atoms with Gasteiger partial charge in [0.25, 0.3) is 0 Å². The molecule has 1 aliphatic heterocycles. The number of aromatic nitrogens is 4. The number of nitrogens with two attached hydrogens (primary N) is 1. The number of anilines is 2. The van der Waals surface area contributed by atoms with E-state index in [0.29, 0.717) is 5.95 Å². The van der Waals surface area contributed by atoms with Crippen LogP contribution in [-0.4, -0.2) is 26.1 Å². The topological polar surface area (TPSA) is 84.9 Å². The molecule has 7 nitrogen and oxygen atoms in total. The van der Waals surface area contributed by atoms with E-state index >= 15 is 0 Å². The highest BCUT2D eigenvalue weighted by Gasteiger charge is 2.21. The van der Waals surface area contributed by atoms with Crippen molar-refractivity contribution in [2.45, 2.75) is 20.0 Å². The first-order valence-corrected chi connectivity index (χ1v) is 7.56. The van der Waals surface area contributed by atoms with Gasteiger partial charge in [0.1, 0.15) is 16.5 Å². The number of rotatable bonds is 2. The quantitative estimate of drug-likeness (QED) is 0.551. The maximum Gasteiger partial charge on any atom is 0.240 e. The maximum absolute atomic E-state index is 5.50. The molecule has 3 aromatic rings. The molecule has 1 aliphatic rings. The van der Waals surface area contributed by atoms with Crippen molar-refractivity contribution in [2.24, 2.45) is 5.84 Å². The molecule has 21 heavy (non-hydrogen) atoms. The van der Waals surface area contributed by atoms with Crippen molar-refractivity contribution in [3.8, 4) is 0 Å². The number of nitrogens with zero attached hydrogens (tertiary/aromatic N) is 5. The van der Waals surface area contributed by atoms with E-state index in [2.05, 4.69) is 42.8 Å². The first-order valence-electron chi connectivity index (χ1n) is 6.74. The van der Waals surface area contributed by atoms with Gasteiger partial charge in [-0.05, 0) is 13.0 Å². The first-order chi connectivity index (χ1) is 10.2. The van der Waals surface area contributed by atoms with Crippen molar-refractivity contribution < 1.29 is 0 Å². The van der Waals surface area contributed by atoms with E-state index < -0.39 is 0 Å². The molecule has 0 spiro atoms. The molecule has 0 aromatic carbocycles. The Hall–Kier alpha value is -2.19. The van der Waals surface area contributed by atoms with Gasteiger partial charge in [-0.15, -0.1) is 11.3 Å². The minimum atomic E-state index is 0.452. The van der Waals surface area contributed by atoms with E-state index in [9.17, 15) is 0 Å². The highest BCUT2D eigenvalue weighted by atomic mass is 32.1. The summed E-state index contributed by atoms with van der Waals surface area (Å²) in [5.41, 5.74) is 2.56. The molecule has 0 unspecified atom stereocenters. The van der Waals surface area contributed by atoms with Crippen molar-refractivity contribution in [1.82, 2.24) is 19.5 Å². The molecule has 0 saturated heterocycles. The van der Waals surface area contributed by atoms with Crippen LogP contribution >= 0.6 is 11.3 Å². The van der Waals surface area contributed by atoms with Gasteiger partial charge in [0, 0.05) is 30.4 Å². The molecule has 0 amide bonds. The SMILES string of the molecule is Cc1cc2c(N3CCn4ccnc4C3)nc(NN)nc2s1. The van der Waals surface area contributed by atoms with Gasteiger partial charge < -0.3 is 9.47 Å². The fraction of sp³-hybridized carbons (Fsp3) is 0.308. The molecular weight excluding hydrogens is 286 g/mol. The predicted octanol–water partition coefficient (Wildman–Crippen LogP) is 1.50. The minimum absolute atomic E-state index is 0.452. The second kappa shape index (κ2) is 4.68. The number of fused-ring (bicyclic) bond motifs is 2. The Bertz CT molecular complexity index is 806. The van der Waals surface area contributed by atoms with E-state index in [0.717, 1.165) is 41.5 Å². The van der Waals surface area contributed by atoms with Crippen LogP contribution in [0.4, 0.5) is 11.8 Å². The van der Waals surface area contributed by atoms with E-state index in [1.54, 1.807) is 11.3 Å². The molecule has 0 fully saturated rings. The number of hydrogen-bond acceptors (Lipinski definition) is 7. The number of nitrogens with one attached hydrogen (secondary N) is 1. The summed E-state index contributed by atoms with van der Waals surface area (Å²) in [6, 6.07) is 2.14. The highest BCUT2D eigenvalue weighted by molar-refractivity contribution is 7.18. The number of thiophene rings is 1. The average Bonchev–Trinajstić information content (AvgIpc) is 3.09. The summed E-state index contributed by atoms with van der Waals surface area (Å²) in [6.07, 6.45) is 3.86. The predicted molar refractivity (Wildman–Crippen MR) is 83.2 cm³/mol. The monoisotopic (exact) mass is 301 g/mol. The van der Waals surface area contributed by atoms with Gasteiger partial charge in [0.05, 0.1) is 11.9 Å². The second-order valence-corrected chi connectivity index (χ2v) is 6.28. The Morgan fingerprint density at radius 2 is 2.24 bits per heavy atom. The minimum Gasteiger partial charge on any atom is -0.347 e. The lowest BCUT2D eigenvalue weighted by atomic mass is 10.3. The van der Waals surface area contributed by atoms with E-state index in [1.165, 1.54) is 4.88 Å². The van der Waals surface area contributed by atoms with Crippen LogP contribution in [-0.2, 0) is 13.1 Å². The van der Waals surface area contributed by atoms with Crippen LogP contribution in [0.3, 0.4) is 0 Å². The highest BCUT2D eigenvalue weighted by Crippen LogP contribution is 2.32. The van der Waals surface area contributed by atoms with Gasteiger partial charge in [-0.2, -0.15) is 4.98 Å². The third-order valence-electron chi connectivity index (χ3n) is 3.67. The van der Waals surface area contributed by atoms with Gasteiger partial charge in [0.15, 0.2) is 0 Å². The molecule has 3 aromatic heterocycles. The lowest BCUT2D eigenvalue weighted by molar-refractivity contribution is 0.557. The summed E-state index contributed by atoms with van der Waals surface area (Å²) < 4.78 is 2.18. The van der Waals surface area contributed by atoms with Crippen LogP contribution in [0.15, 0.2) is 18.5 Å². The van der Waals surface area contributed by atoms with Crippen LogP contribution < -0.4 is 16.2 Å². The van der Waals surface area contributed by atoms with E-state index in [-0.39, 0.29) is 0 Å². The number of imidazole rings is 1. The zero-order valence-corrected chi connectivity index (χ0v) is 12.4. The Morgan fingerprint density at radius 1 is 1.33 bits per heavy atom. The largest absolute Gasteiger partial charge is 0.347 e. The molecule has 0 radical (unpaired) electrons. The molecule has 3 N–H and O–H groups in total. The lowest BCUT2D eigenvalue weighted by Gasteiger charge is -2.29. The van der Waals surface area contributed by atoms with Crippen molar-refractivity contribution >= 4 is 33.3 Å². The Labute approximate surface area is 125 Å². The number of hydrogen-bond donors (Lipinski definition) is 2. The first kappa shape index (κ1) is 12.5. The number of nitrogen functional groups attached to an aromatic ring is 1. The van der Waals surface area contributed by atoms with Crippen molar-refractivity contribution in [3.05, 3.63) is 29.2 Å². The molecule has 108 valence electrons. The molecule has 0 atom stereocenters. The summed E-state index contributed by atoms with van der Waals surface area (Å²) in [5, 5.41) is 1.08. The third kappa shape index (κ3) is 2.03. The Kier molecular flexibility index (Phi) is 2.79. The summed E-state index contributed by atoms with van der Waals surface area (Å²) in [6.45, 7) is 4.64. The molecule has 0 saturated carbocycles. The zero-order chi connectivity index (χ0) is 14.4. The van der Waals surface area contributed by atoms with Crippen molar-refractivity contribution in [3.63, 3.8) is 0 Å². The molecule has 0 aliphatic carbocycles. The third-order valence-corrected chi connectivity index (χ3v) is 4.61. The van der Waals surface area contributed by atoms with Crippen molar-refractivity contribution in [1.29, 1.82) is 0 Å². The van der Waals surface area contributed by atoms with Crippen LogP contribution in [0.1, 0.15) is 10.7 Å². The zero-order valence-electron chi connectivity index (χ0n) is 11.6. The van der Waals surface area contributed by atoms with E-state index in [1.807, 2.05) is 12.4 Å².